The van der Waals surface area contributed by atoms with Gasteiger partial charge >= 0.3 is 0 Å². The maximum absolute atomic E-state index is 12.4. The fraction of sp³-hybridized carbons (Fsp3) is 0.111. The number of rotatable bonds is 6. The van der Waals surface area contributed by atoms with Gasteiger partial charge in [0.15, 0.2) is 5.13 Å². The van der Waals surface area contributed by atoms with Crippen LogP contribution in [0.1, 0.15) is 6.92 Å². The van der Waals surface area contributed by atoms with Gasteiger partial charge in [0.2, 0.25) is 5.91 Å². The molecular weight excluding hydrogens is 370 g/mol. The van der Waals surface area contributed by atoms with Crippen LogP contribution >= 0.6 is 23.1 Å². The molecule has 2 aromatic carbocycles. The topological polar surface area (TPSA) is 85.1 Å². The van der Waals surface area contributed by atoms with Crippen LogP contribution in [0.25, 0.3) is 11.3 Å². The van der Waals surface area contributed by atoms with Gasteiger partial charge in [0.05, 0.1) is 15.9 Å². The van der Waals surface area contributed by atoms with Gasteiger partial charge in [0.1, 0.15) is 0 Å². The van der Waals surface area contributed by atoms with Gasteiger partial charge in [-0.15, -0.1) is 23.1 Å². The van der Waals surface area contributed by atoms with Gasteiger partial charge in [-0.1, -0.05) is 30.3 Å². The summed E-state index contributed by atoms with van der Waals surface area (Å²) in [7, 11) is 0. The van der Waals surface area contributed by atoms with E-state index in [0.29, 0.717) is 5.13 Å². The largest absolute Gasteiger partial charge is 0.301 e. The summed E-state index contributed by atoms with van der Waals surface area (Å²) in [6.07, 6.45) is 0. The summed E-state index contributed by atoms with van der Waals surface area (Å²) in [4.78, 5) is 27.8. The zero-order valence-corrected chi connectivity index (χ0v) is 15.4. The number of carbonyl (C=O) groups excluding carboxylic acids is 1. The summed E-state index contributed by atoms with van der Waals surface area (Å²) in [5.41, 5.74) is 1.85. The quantitative estimate of drug-likeness (QED) is 0.373. The van der Waals surface area contributed by atoms with Crippen LogP contribution in [0, 0.1) is 10.1 Å². The molecule has 6 nitrogen and oxygen atoms in total. The molecular formula is C18H15N3O3S2. The van der Waals surface area contributed by atoms with Crippen molar-refractivity contribution >= 4 is 39.8 Å². The SMILES string of the molecule is CC(Sc1ccc([N+](=O)[O-])cc1)C(=O)Nc1nc(-c2ccccc2)cs1. The highest BCUT2D eigenvalue weighted by atomic mass is 32.2. The van der Waals surface area contributed by atoms with E-state index in [-0.39, 0.29) is 16.8 Å². The van der Waals surface area contributed by atoms with Gasteiger partial charge in [-0.25, -0.2) is 4.98 Å². The third kappa shape index (κ3) is 4.47. The molecule has 0 aliphatic rings. The molecule has 1 unspecified atom stereocenters. The molecule has 3 rings (SSSR count). The standard InChI is InChI=1S/C18H15N3O3S2/c1-12(26-15-9-7-14(8-10-15)21(23)24)17(22)20-18-19-16(11-25-18)13-5-3-2-4-6-13/h2-12H,1H3,(H,19,20,22). The summed E-state index contributed by atoms with van der Waals surface area (Å²) in [5, 5.41) is 15.6. The molecule has 1 amide bonds. The molecule has 0 saturated carbocycles. The van der Waals surface area contributed by atoms with Crippen molar-refractivity contribution in [1.29, 1.82) is 0 Å². The second-order valence-electron chi connectivity index (χ2n) is 5.40. The van der Waals surface area contributed by atoms with Crippen molar-refractivity contribution in [2.75, 3.05) is 5.32 Å². The number of aromatic nitrogens is 1. The van der Waals surface area contributed by atoms with Crippen molar-refractivity contribution < 1.29 is 9.72 Å². The molecule has 1 heterocycles. The molecule has 1 N–H and O–H groups in total. The van der Waals surface area contributed by atoms with Crippen LogP contribution in [0.3, 0.4) is 0 Å². The lowest BCUT2D eigenvalue weighted by atomic mass is 10.2. The van der Waals surface area contributed by atoms with Gasteiger partial charge in [-0.3, -0.25) is 14.9 Å². The van der Waals surface area contributed by atoms with E-state index >= 15 is 0 Å². The molecule has 0 fully saturated rings. The lowest BCUT2D eigenvalue weighted by Crippen LogP contribution is -2.22. The van der Waals surface area contributed by atoms with Gasteiger partial charge in [0, 0.05) is 28.0 Å². The van der Waals surface area contributed by atoms with E-state index in [9.17, 15) is 14.9 Å². The minimum absolute atomic E-state index is 0.0303. The monoisotopic (exact) mass is 385 g/mol. The van der Waals surface area contributed by atoms with Crippen LogP contribution in [0.4, 0.5) is 10.8 Å². The summed E-state index contributed by atoms with van der Waals surface area (Å²) < 4.78 is 0. The second-order valence-corrected chi connectivity index (χ2v) is 7.68. The number of nitro benzene ring substituents is 1. The lowest BCUT2D eigenvalue weighted by molar-refractivity contribution is -0.384. The van der Waals surface area contributed by atoms with E-state index in [1.54, 1.807) is 19.1 Å². The number of benzene rings is 2. The molecule has 0 aliphatic carbocycles. The second kappa shape index (κ2) is 8.11. The molecule has 0 saturated heterocycles. The maximum Gasteiger partial charge on any atom is 0.269 e. The number of anilines is 1. The first kappa shape index (κ1) is 18.1. The van der Waals surface area contributed by atoms with Crippen molar-refractivity contribution in [2.45, 2.75) is 17.1 Å². The van der Waals surface area contributed by atoms with Crippen molar-refractivity contribution in [3.63, 3.8) is 0 Å². The first-order valence-electron chi connectivity index (χ1n) is 7.76. The fourth-order valence-electron chi connectivity index (χ4n) is 2.18. The summed E-state index contributed by atoms with van der Waals surface area (Å²) >= 11 is 2.71. The zero-order chi connectivity index (χ0) is 18.5. The number of nitrogens with zero attached hydrogens (tertiary/aromatic N) is 2. The number of thiazole rings is 1. The zero-order valence-electron chi connectivity index (χ0n) is 13.8. The smallest absolute Gasteiger partial charge is 0.269 e. The van der Waals surface area contributed by atoms with Crippen LogP contribution in [0.2, 0.25) is 0 Å². The van der Waals surface area contributed by atoms with Gasteiger partial charge in [-0.05, 0) is 19.1 Å². The molecule has 0 aliphatic heterocycles. The Kier molecular flexibility index (Phi) is 5.65. The molecule has 8 heteroatoms. The predicted octanol–water partition coefficient (Wildman–Crippen LogP) is 4.84. The van der Waals surface area contributed by atoms with E-state index < -0.39 is 4.92 Å². The number of thioether (sulfide) groups is 1. The molecule has 3 aromatic rings. The van der Waals surface area contributed by atoms with Crippen molar-refractivity contribution in [2.24, 2.45) is 0 Å². The number of nitrogens with one attached hydrogen (secondary N) is 1. The third-order valence-corrected chi connectivity index (χ3v) is 5.40. The van der Waals surface area contributed by atoms with Crippen molar-refractivity contribution in [3.05, 3.63) is 70.1 Å². The molecule has 0 bridgehead atoms. The Morgan fingerprint density at radius 1 is 1.19 bits per heavy atom. The Labute approximate surface area is 158 Å². The Bertz CT molecular complexity index is 911. The first-order valence-corrected chi connectivity index (χ1v) is 9.52. The summed E-state index contributed by atoms with van der Waals surface area (Å²) in [5.74, 6) is -0.165. The molecule has 0 spiro atoms. The third-order valence-electron chi connectivity index (χ3n) is 3.53. The predicted molar refractivity (Wildman–Crippen MR) is 105 cm³/mol. The molecule has 26 heavy (non-hydrogen) atoms. The normalized spacial score (nSPS) is 11.7. The average Bonchev–Trinajstić information content (AvgIpc) is 3.11. The highest BCUT2D eigenvalue weighted by molar-refractivity contribution is 8.00. The van der Waals surface area contributed by atoms with E-state index in [1.165, 1.54) is 35.2 Å². The summed E-state index contributed by atoms with van der Waals surface area (Å²) in [6, 6.07) is 15.9. The highest BCUT2D eigenvalue weighted by Gasteiger charge is 2.17. The first-order chi connectivity index (χ1) is 12.5. The van der Waals surface area contributed by atoms with Crippen LogP contribution in [0.15, 0.2) is 64.9 Å². The van der Waals surface area contributed by atoms with E-state index in [0.717, 1.165) is 16.2 Å². The maximum atomic E-state index is 12.4. The Morgan fingerprint density at radius 2 is 1.88 bits per heavy atom. The number of hydrogen-bond donors (Lipinski definition) is 1. The van der Waals surface area contributed by atoms with Crippen LogP contribution < -0.4 is 5.32 Å². The van der Waals surface area contributed by atoms with Crippen LogP contribution in [0.5, 0.6) is 0 Å². The fourth-order valence-corrected chi connectivity index (χ4v) is 3.77. The minimum Gasteiger partial charge on any atom is -0.301 e. The highest BCUT2D eigenvalue weighted by Crippen LogP contribution is 2.28. The molecule has 132 valence electrons. The van der Waals surface area contributed by atoms with E-state index in [4.69, 9.17) is 0 Å². The molecule has 0 radical (unpaired) electrons. The van der Waals surface area contributed by atoms with Crippen molar-refractivity contribution in [1.82, 2.24) is 4.98 Å². The summed E-state index contributed by atoms with van der Waals surface area (Å²) in [6.45, 7) is 1.78. The number of amides is 1. The average molecular weight is 385 g/mol. The lowest BCUT2D eigenvalue weighted by Gasteiger charge is -2.10. The number of carbonyl (C=O) groups is 1. The van der Waals surface area contributed by atoms with E-state index in [1.807, 2.05) is 35.7 Å². The molecule has 1 atom stereocenters. The number of non-ortho nitro benzene ring substituents is 1. The van der Waals surface area contributed by atoms with Crippen molar-refractivity contribution in [3.8, 4) is 11.3 Å². The van der Waals surface area contributed by atoms with Gasteiger partial charge in [0.25, 0.3) is 5.69 Å². The minimum atomic E-state index is -0.447. The van der Waals surface area contributed by atoms with E-state index in [2.05, 4.69) is 10.3 Å². The van der Waals surface area contributed by atoms with Gasteiger partial charge < -0.3 is 5.32 Å². The molecule has 1 aromatic heterocycles. The Morgan fingerprint density at radius 3 is 2.54 bits per heavy atom. The Balaban J connectivity index is 1.61. The van der Waals surface area contributed by atoms with Crippen LogP contribution in [-0.2, 0) is 4.79 Å². The van der Waals surface area contributed by atoms with Gasteiger partial charge in [-0.2, -0.15) is 0 Å². The Hall–Kier alpha value is -2.71. The van der Waals surface area contributed by atoms with Crippen LogP contribution in [-0.4, -0.2) is 21.1 Å². The number of nitro groups is 1. The number of hydrogen-bond acceptors (Lipinski definition) is 6.